The van der Waals surface area contributed by atoms with E-state index in [-0.39, 0.29) is 5.69 Å². The molecule has 4 aromatic rings. The molecule has 0 spiro atoms. The van der Waals surface area contributed by atoms with Gasteiger partial charge in [0, 0.05) is 40.1 Å². The topological polar surface area (TPSA) is 71.4 Å². The lowest BCUT2D eigenvalue weighted by Crippen LogP contribution is -2.45. The van der Waals surface area contributed by atoms with Crippen LogP contribution in [0.4, 0.5) is 20.2 Å². The summed E-state index contributed by atoms with van der Waals surface area (Å²) in [5.74, 6) is -2.92. The van der Waals surface area contributed by atoms with Crippen LogP contribution in [0.2, 0.25) is 0 Å². The molecule has 0 saturated carbocycles. The summed E-state index contributed by atoms with van der Waals surface area (Å²) in [7, 11) is -3.97. The lowest BCUT2D eigenvalue weighted by molar-refractivity contribution is -0.116. The zero-order chi connectivity index (χ0) is 23.9. The minimum absolute atomic E-state index is 0.138. The number of nitrogens with one attached hydrogen (secondary N) is 1. The first-order chi connectivity index (χ1) is 15.6. The minimum atomic E-state index is -3.97. The molecule has 6 nitrogen and oxygen atoms in total. The van der Waals surface area contributed by atoms with Crippen LogP contribution in [0.25, 0.3) is 21.8 Å². The highest BCUT2D eigenvalue weighted by molar-refractivity contribution is 7.92. The number of benzene rings is 3. The van der Waals surface area contributed by atoms with E-state index >= 15 is 0 Å². The highest BCUT2D eigenvalue weighted by atomic mass is 32.2. The SMILES string of the molecule is CCn1c2ccccc2c2cc(NC(=O)[C@@H](C)N(c3ccc(F)c(F)c3)S(C)(=O)=O)ccc21. The maximum atomic E-state index is 13.7. The zero-order valence-corrected chi connectivity index (χ0v) is 19.2. The van der Waals surface area contributed by atoms with E-state index in [1.165, 1.54) is 6.92 Å². The molecule has 33 heavy (non-hydrogen) atoms. The Labute approximate surface area is 190 Å². The molecule has 4 rings (SSSR count). The van der Waals surface area contributed by atoms with Crippen molar-refractivity contribution in [2.75, 3.05) is 15.9 Å². The van der Waals surface area contributed by atoms with Crippen molar-refractivity contribution in [1.82, 2.24) is 4.57 Å². The summed E-state index contributed by atoms with van der Waals surface area (Å²) < 4.78 is 54.9. The second-order valence-electron chi connectivity index (χ2n) is 7.82. The number of aromatic nitrogens is 1. The Bertz CT molecular complexity index is 1480. The third-order valence-corrected chi connectivity index (χ3v) is 6.84. The van der Waals surface area contributed by atoms with E-state index in [0.29, 0.717) is 5.69 Å². The molecule has 9 heteroatoms. The number of sulfonamides is 1. The van der Waals surface area contributed by atoms with Crippen molar-refractivity contribution in [2.45, 2.75) is 26.4 Å². The van der Waals surface area contributed by atoms with Gasteiger partial charge in [0.15, 0.2) is 11.6 Å². The zero-order valence-electron chi connectivity index (χ0n) is 18.3. The summed E-state index contributed by atoms with van der Waals surface area (Å²) in [6.45, 7) is 4.23. The van der Waals surface area contributed by atoms with Crippen molar-refractivity contribution in [1.29, 1.82) is 0 Å². The third kappa shape index (κ3) is 4.16. The van der Waals surface area contributed by atoms with Gasteiger partial charge in [0.2, 0.25) is 15.9 Å². The summed E-state index contributed by atoms with van der Waals surface area (Å²) in [4.78, 5) is 13.0. The fourth-order valence-corrected chi connectivity index (χ4v) is 5.32. The Hall–Kier alpha value is -3.46. The molecule has 0 aliphatic carbocycles. The molecule has 0 unspecified atom stereocenters. The average molecular weight is 472 g/mol. The average Bonchev–Trinajstić information content (AvgIpc) is 3.08. The molecule has 0 aliphatic heterocycles. The number of amides is 1. The molecule has 1 N–H and O–H groups in total. The van der Waals surface area contributed by atoms with E-state index in [9.17, 15) is 22.0 Å². The van der Waals surface area contributed by atoms with Gasteiger partial charge in [-0.3, -0.25) is 9.10 Å². The Morgan fingerprint density at radius 2 is 1.70 bits per heavy atom. The highest BCUT2D eigenvalue weighted by Gasteiger charge is 2.30. The molecule has 1 amide bonds. The van der Waals surface area contributed by atoms with E-state index in [0.717, 1.165) is 57.1 Å². The first-order valence-corrected chi connectivity index (χ1v) is 12.2. The fourth-order valence-electron chi connectivity index (χ4n) is 4.15. The number of para-hydroxylation sites is 1. The number of rotatable bonds is 6. The van der Waals surface area contributed by atoms with Gasteiger partial charge in [-0.25, -0.2) is 17.2 Å². The largest absolute Gasteiger partial charge is 0.341 e. The van der Waals surface area contributed by atoms with Crippen molar-refractivity contribution < 1.29 is 22.0 Å². The van der Waals surface area contributed by atoms with Crippen LogP contribution < -0.4 is 9.62 Å². The fraction of sp³-hybridized carbons (Fsp3) is 0.208. The van der Waals surface area contributed by atoms with Crippen molar-refractivity contribution in [3.05, 3.63) is 72.3 Å². The van der Waals surface area contributed by atoms with Crippen molar-refractivity contribution in [3.8, 4) is 0 Å². The van der Waals surface area contributed by atoms with Gasteiger partial charge in [0.1, 0.15) is 6.04 Å². The molecule has 1 heterocycles. The second-order valence-corrected chi connectivity index (χ2v) is 9.68. The van der Waals surface area contributed by atoms with E-state index in [2.05, 4.69) is 16.8 Å². The number of hydrogen-bond acceptors (Lipinski definition) is 3. The minimum Gasteiger partial charge on any atom is -0.341 e. The number of hydrogen-bond donors (Lipinski definition) is 1. The van der Waals surface area contributed by atoms with Crippen molar-refractivity contribution in [2.24, 2.45) is 0 Å². The Kier molecular flexibility index (Phi) is 5.84. The maximum absolute atomic E-state index is 13.7. The maximum Gasteiger partial charge on any atom is 0.247 e. The monoisotopic (exact) mass is 471 g/mol. The molecule has 0 saturated heterocycles. The van der Waals surface area contributed by atoms with E-state index in [1.807, 2.05) is 36.4 Å². The van der Waals surface area contributed by atoms with Crippen LogP contribution in [0.1, 0.15) is 13.8 Å². The normalized spacial score (nSPS) is 12.8. The molecule has 1 aromatic heterocycles. The predicted molar refractivity (Wildman–Crippen MR) is 127 cm³/mol. The van der Waals surface area contributed by atoms with Crippen LogP contribution in [-0.2, 0) is 21.4 Å². The Morgan fingerprint density at radius 1 is 1.00 bits per heavy atom. The standard InChI is InChI=1S/C24H23F2N3O3S/c1-4-28-22-8-6-5-7-18(22)19-13-16(9-12-23(19)28)27-24(30)15(2)29(33(3,31)32)17-10-11-20(25)21(26)14-17/h5-15H,4H2,1-3H3,(H,27,30)/t15-/m1/s1. The Balaban J connectivity index is 1.69. The van der Waals surface area contributed by atoms with Gasteiger partial charge >= 0.3 is 0 Å². The number of aryl methyl sites for hydroxylation is 1. The number of anilines is 2. The Morgan fingerprint density at radius 3 is 2.36 bits per heavy atom. The van der Waals surface area contributed by atoms with E-state index < -0.39 is 33.6 Å². The van der Waals surface area contributed by atoms with Crippen molar-refractivity contribution >= 4 is 49.1 Å². The van der Waals surface area contributed by atoms with Crippen LogP contribution in [0, 0.1) is 11.6 Å². The van der Waals surface area contributed by atoms with Gasteiger partial charge in [0.25, 0.3) is 0 Å². The van der Waals surface area contributed by atoms with Crippen LogP contribution in [0.5, 0.6) is 0 Å². The smallest absolute Gasteiger partial charge is 0.247 e. The van der Waals surface area contributed by atoms with Gasteiger partial charge in [-0.15, -0.1) is 0 Å². The molecule has 0 radical (unpaired) electrons. The van der Waals surface area contributed by atoms with Crippen LogP contribution in [0.15, 0.2) is 60.7 Å². The molecule has 172 valence electrons. The van der Waals surface area contributed by atoms with Crippen LogP contribution in [0.3, 0.4) is 0 Å². The van der Waals surface area contributed by atoms with Gasteiger partial charge in [-0.1, -0.05) is 18.2 Å². The number of carbonyl (C=O) groups is 1. The second kappa shape index (κ2) is 8.47. The first-order valence-electron chi connectivity index (χ1n) is 10.4. The molecule has 0 aliphatic rings. The lowest BCUT2D eigenvalue weighted by atomic mass is 10.1. The number of halogens is 2. The van der Waals surface area contributed by atoms with E-state index in [1.54, 1.807) is 6.07 Å². The van der Waals surface area contributed by atoms with Gasteiger partial charge in [-0.05, 0) is 50.2 Å². The summed E-state index contributed by atoms with van der Waals surface area (Å²) in [6, 6.07) is 14.9. The first kappa shape index (κ1) is 22.7. The summed E-state index contributed by atoms with van der Waals surface area (Å²) in [5.41, 5.74) is 2.45. The molecular formula is C24H23F2N3O3S. The lowest BCUT2D eigenvalue weighted by Gasteiger charge is -2.28. The van der Waals surface area contributed by atoms with Crippen molar-refractivity contribution in [3.63, 3.8) is 0 Å². The summed E-state index contributed by atoms with van der Waals surface area (Å²) in [6.07, 6.45) is 0.906. The molecular weight excluding hydrogens is 448 g/mol. The number of carbonyl (C=O) groups excluding carboxylic acids is 1. The molecule has 0 fully saturated rings. The summed E-state index contributed by atoms with van der Waals surface area (Å²) >= 11 is 0. The number of fused-ring (bicyclic) bond motifs is 3. The molecule has 0 bridgehead atoms. The quantitative estimate of drug-likeness (QED) is 0.435. The van der Waals surface area contributed by atoms with Gasteiger partial charge in [-0.2, -0.15) is 0 Å². The van der Waals surface area contributed by atoms with Gasteiger partial charge in [0.05, 0.1) is 11.9 Å². The predicted octanol–water partition coefficient (Wildman–Crippen LogP) is 4.89. The highest BCUT2D eigenvalue weighted by Crippen LogP contribution is 2.31. The van der Waals surface area contributed by atoms with Crippen LogP contribution in [-0.4, -0.2) is 31.2 Å². The molecule has 3 aromatic carbocycles. The molecule has 1 atom stereocenters. The van der Waals surface area contributed by atoms with E-state index in [4.69, 9.17) is 0 Å². The van der Waals surface area contributed by atoms with Gasteiger partial charge < -0.3 is 9.88 Å². The van der Waals surface area contributed by atoms with Crippen LogP contribution >= 0.6 is 0 Å². The summed E-state index contributed by atoms with van der Waals surface area (Å²) in [5, 5.41) is 4.75. The third-order valence-electron chi connectivity index (χ3n) is 5.60. The number of nitrogens with zero attached hydrogens (tertiary/aromatic N) is 2.